The van der Waals surface area contributed by atoms with Crippen LogP contribution in [0.5, 0.6) is 0 Å². The second-order valence-corrected chi connectivity index (χ2v) is 6.99. The first-order valence-corrected chi connectivity index (χ1v) is 7.92. The molecule has 1 amide bonds. The van der Waals surface area contributed by atoms with Crippen LogP contribution in [-0.4, -0.2) is 52.7 Å². The summed E-state index contributed by atoms with van der Waals surface area (Å²) in [6.45, 7) is 8.10. The zero-order valence-corrected chi connectivity index (χ0v) is 14.1. The molecule has 0 aromatic carbocycles. The third-order valence-electron chi connectivity index (χ3n) is 3.85. The van der Waals surface area contributed by atoms with E-state index in [9.17, 15) is 4.79 Å². The SMILES string of the molecule is CN(Cc1ccncc1)[C@@H]1CCCN(C(=O)OC(C)(C)C)C1. The molecule has 0 aliphatic carbocycles. The van der Waals surface area contributed by atoms with Crippen LogP contribution in [0.3, 0.4) is 0 Å². The Bertz CT molecular complexity index is 484. The lowest BCUT2D eigenvalue weighted by Gasteiger charge is -2.38. The number of hydrogen-bond acceptors (Lipinski definition) is 4. The minimum atomic E-state index is -0.438. The molecular formula is C17H27N3O2. The normalized spacial score (nSPS) is 19.3. The molecule has 1 aliphatic heterocycles. The number of aromatic nitrogens is 1. The van der Waals surface area contributed by atoms with Gasteiger partial charge in [-0.25, -0.2) is 4.79 Å². The number of rotatable bonds is 3. The summed E-state index contributed by atoms with van der Waals surface area (Å²) in [5, 5.41) is 0. The molecule has 0 saturated carbocycles. The summed E-state index contributed by atoms with van der Waals surface area (Å²) >= 11 is 0. The summed E-state index contributed by atoms with van der Waals surface area (Å²) < 4.78 is 5.48. The van der Waals surface area contributed by atoms with Gasteiger partial charge in [-0.15, -0.1) is 0 Å². The maximum atomic E-state index is 12.2. The van der Waals surface area contributed by atoms with Gasteiger partial charge in [0.25, 0.3) is 0 Å². The Labute approximate surface area is 133 Å². The van der Waals surface area contributed by atoms with E-state index in [-0.39, 0.29) is 6.09 Å². The van der Waals surface area contributed by atoms with Gasteiger partial charge in [0.15, 0.2) is 0 Å². The fourth-order valence-corrected chi connectivity index (χ4v) is 2.71. The quantitative estimate of drug-likeness (QED) is 0.861. The van der Waals surface area contributed by atoms with Crippen molar-refractivity contribution in [2.75, 3.05) is 20.1 Å². The first kappa shape index (κ1) is 16.7. The zero-order valence-electron chi connectivity index (χ0n) is 14.1. The fraction of sp³-hybridized carbons (Fsp3) is 0.647. The Balaban J connectivity index is 1.91. The average molecular weight is 305 g/mol. The van der Waals surface area contributed by atoms with Crippen molar-refractivity contribution in [1.29, 1.82) is 0 Å². The number of piperidine rings is 1. The Morgan fingerprint density at radius 2 is 2.09 bits per heavy atom. The standard InChI is InChI=1S/C17H27N3O2/c1-17(2,3)22-16(21)20-11-5-6-15(13-20)19(4)12-14-7-9-18-10-8-14/h7-10,15H,5-6,11-13H2,1-4H3/t15-/m1/s1. The predicted octanol–water partition coefficient (Wildman–Crippen LogP) is 2.91. The predicted molar refractivity (Wildman–Crippen MR) is 86.5 cm³/mol. The number of ether oxygens (including phenoxy) is 1. The van der Waals surface area contributed by atoms with Crippen LogP contribution in [0.4, 0.5) is 4.79 Å². The fourth-order valence-electron chi connectivity index (χ4n) is 2.71. The first-order chi connectivity index (χ1) is 10.3. The smallest absolute Gasteiger partial charge is 0.410 e. The number of pyridine rings is 1. The van der Waals surface area contributed by atoms with Gasteiger partial charge >= 0.3 is 6.09 Å². The summed E-state index contributed by atoms with van der Waals surface area (Å²) in [5.41, 5.74) is 0.805. The van der Waals surface area contributed by atoms with Crippen molar-refractivity contribution in [1.82, 2.24) is 14.8 Å². The molecule has 1 aliphatic rings. The highest BCUT2D eigenvalue weighted by Gasteiger charge is 2.29. The number of carbonyl (C=O) groups is 1. The number of likely N-dealkylation sites (tertiary alicyclic amines) is 1. The summed E-state index contributed by atoms with van der Waals surface area (Å²) in [7, 11) is 2.11. The van der Waals surface area contributed by atoms with Crippen LogP contribution in [0.1, 0.15) is 39.2 Å². The van der Waals surface area contributed by atoms with Gasteiger partial charge in [-0.3, -0.25) is 9.88 Å². The van der Waals surface area contributed by atoms with E-state index in [1.165, 1.54) is 5.56 Å². The molecule has 0 spiro atoms. The van der Waals surface area contributed by atoms with Gasteiger partial charge < -0.3 is 9.64 Å². The molecule has 0 N–H and O–H groups in total. The number of carbonyl (C=O) groups excluding carboxylic acids is 1. The lowest BCUT2D eigenvalue weighted by molar-refractivity contribution is 0.0121. The number of nitrogens with zero attached hydrogens (tertiary/aromatic N) is 3. The molecule has 2 rings (SSSR count). The van der Waals surface area contributed by atoms with Crippen molar-refractivity contribution in [2.24, 2.45) is 0 Å². The largest absolute Gasteiger partial charge is 0.444 e. The molecule has 0 unspecified atom stereocenters. The molecule has 1 fully saturated rings. The summed E-state index contributed by atoms with van der Waals surface area (Å²) in [6.07, 6.45) is 5.56. The molecule has 22 heavy (non-hydrogen) atoms. The first-order valence-electron chi connectivity index (χ1n) is 7.92. The Morgan fingerprint density at radius 3 is 2.73 bits per heavy atom. The maximum absolute atomic E-state index is 12.2. The van der Waals surface area contributed by atoms with Crippen LogP contribution in [0.15, 0.2) is 24.5 Å². The minimum Gasteiger partial charge on any atom is -0.444 e. The second-order valence-electron chi connectivity index (χ2n) is 6.99. The van der Waals surface area contributed by atoms with E-state index < -0.39 is 5.60 Å². The molecular weight excluding hydrogens is 278 g/mol. The third kappa shape index (κ3) is 4.98. The van der Waals surface area contributed by atoms with Gasteiger partial charge in [0.1, 0.15) is 5.60 Å². The lowest BCUT2D eigenvalue weighted by atomic mass is 10.0. The number of hydrogen-bond donors (Lipinski definition) is 0. The maximum Gasteiger partial charge on any atom is 0.410 e. The Morgan fingerprint density at radius 1 is 1.41 bits per heavy atom. The highest BCUT2D eigenvalue weighted by atomic mass is 16.6. The molecule has 1 atom stereocenters. The van der Waals surface area contributed by atoms with Crippen molar-refractivity contribution < 1.29 is 9.53 Å². The van der Waals surface area contributed by atoms with Gasteiger partial charge in [0.05, 0.1) is 0 Å². The lowest BCUT2D eigenvalue weighted by Crippen LogP contribution is -2.49. The molecule has 5 nitrogen and oxygen atoms in total. The van der Waals surface area contributed by atoms with Gasteiger partial charge in [0, 0.05) is 38.1 Å². The third-order valence-corrected chi connectivity index (χ3v) is 3.85. The van der Waals surface area contributed by atoms with Crippen LogP contribution < -0.4 is 0 Å². The van der Waals surface area contributed by atoms with Gasteiger partial charge in [-0.2, -0.15) is 0 Å². The van der Waals surface area contributed by atoms with E-state index in [0.717, 1.165) is 32.5 Å². The highest BCUT2D eigenvalue weighted by Crippen LogP contribution is 2.19. The molecule has 2 heterocycles. The van der Waals surface area contributed by atoms with Crippen molar-refractivity contribution in [3.63, 3.8) is 0 Å². The highest BCUT2D eigenvalue weighted by molar-refractivity contribution is 5.68. The average Bonchev–Trinajstić information content (AvgIpc) is 2.46. The Kier molecular flexibility index (Phi) is 5.40. The summed E-state index contributed by atoms with van der Waals surface area (Å²) in [6, 6.07) is 4.44. The molecule has 1 saturated heterocycles. The van der Waals surface area contributed by atoms with E-state index in [4.69, 9.17) is 4.74 Å². The molecule has 0 bridgehead atoms. The monoisotopic (exact) mass is 305 g/mol. The Hall–Kier alpha value is -1.62. The van der Waals surface area contributed by atoms with Crippen molar-refractivity contribution in [2.45, 2.75) is 51.8 Å². The number of amides is 1. The van der Waals surface area contributed by atoms with Crippen LogP contribution in [0.25, 0.3) is 0 Å². The second kappa shape index (κ2) is 7.09. The van der Waals surface area contributed by atoms with Crippen LogP contribution >= 0.6 is 0 Å². The molecule has 122 valence electrons. The van der Waals surface area contributed by atoms with E-state index >= 15 is 0 Å². The van der Waals surface area contributed by atoms with E-state index in [2.05, 4.69) is 16.9 Å². The molecule has 0 radical (unpaired) electrons. The minimum absolute atomic E-state index is 0.200. The van der Waals surface area contributed by atoms with Gasteiger partial charge in [0.2, 0.25) is 0 Å². The summed E-state index contributed by atoms with van der Waals surface area (Å²) in [4.78, 5) is 20.4. The number of likely N-dealkylation sites (N-methyl/N-ethyl adjacent to an activating group) is 1. The van der Waals surface area contributed by atoms with E-state index in [0.29, 0.717) is 6.04 Å². The van der Waals surface area contributed by atoms with Gasteiger partial charge in [-0.05, 0) is 58.4 Å². The summed E-state index contributed by atoms with van der Waals surface area (Å²) in [5.74, 6) is 0. The topological polar surface area (TPSA) is 45.7 Å². The van der Waals surface area contributed by atoms with Crippen molar-refractivity contribution >= 4 is 6.09 Å². The van der Waals surface area contributed by atoms with Crippen molar-refractivity contribution in [3.05, 3.63) is 30.1 Å². The van der Waals surface area contributed by atoms with E-state index in [1.807, 2.05) is 50.2 Å². The van der Waals surface area contributed by atoms with Crippen LogP contribution in [-0.2, 0) is 11.3 Å². The van der Waals surface area contributed by atoms with Gasteiger partial charge in [-0.1, -0.05) is 0 Å². The van der Waals surface area contributed by atoms with Crippen LogP contribution in [0, 0.1) is 0 Å². The van der Waals surface area contributed by atoms with Crippen LogP contribution in [0.2, 0.25) is 0 Å². The molecule has 1 aromatic rings. The molecule has 1 aromatic heterocycles. The molecule has 5 heteroatoms. The van der Waals surface area contributed by atoms with E-state index in [1.54, 1.807) is 0 Å². The van der Waals surface area contributed by atoms with Crippen molar-refractivity contribution in [3.8, 4) is 0 Å². The zero-order chi connectivity index (χ0) is 16.2.